The highest BCUT2D eigenvalue weighted by Gasteiger charge is 2.31. The number of Topliss-reactive ketones (excluding diaryl/α,β-unsaturated/α-hetero) is 1. The SMILES string of the molecule is O=C(C1=C(C2=CNC=CS2(=O)=O)C=CCC1)C1=C(C2=CNC=CS2(=O)=O)C=CCC1. The van der Waals surface area contributed by atoms with Gasteiger partial charge in [0.2, 0.25) is 19.7 Å². The number of hydrogen-bond donors (Lipinski definition) is 2. The predicted octanol–water partition coefficient (Wildman–Crippen LogP) is 2.51. The first-order chi connectivity index (χ1) is 14.3. The second-order valence-electron chi connectivity index (χ2n) is 7.04. The Bertz CT molecular complexity index is 1170. The summed E-state index contributed by atoms with van der Waals surface area (Å²) in [5, 5.41) is 7.66. The molecular weight excluding hydrogens is 424 g/mol. The molecule has 7 nitrogen and oxygen atoms in total. The first-order valence-electron chi connectivity index (χ1n) is 9.42. The fourth-order valence-electron chi connectivity index (χ4n) is 3.72. The van der Waals surface area contributed by atoms with E-state index in [-0.39, 0.29) is 15.6 Å². The van der Waals surface area contributed by atoms with Crippen molar-refractivity contribution < 1.29 is 21.6 Å². The Kier molecular flexibility index (Phi) is 5.25. The maximum atomic E-state index is 13.6. The van der Waals surface area contributed by atoms with E-state index in [1.807, 2.05) is 12.2 Å². The van der Waals surface area contributed by atoms with E-state index < -0.39 is 19.7 Å². The van der Waals surface area contributed by atoms with Crippen molar-refractivity contribution in [1.82, 2.24) is 10.6 Å². The van der Waals surface area contributed by atoms with Crippen molar-refractivity contribution in [2.24, 2.45) is 0 Å². The van der Waals surface area contributed by atoms with Crippen LogP contribution in [0.2, 0.25) is 0 Å². The lowest BCUT2D eigenvalue weighted by molar-refractivity contribution is -0.112. The van der Waals surface area contributed by atoms with E-state index in [1.54, 1.807) is 12.2 Å². The van der Waals surface area contributed by atoms with E-state index in [9.17, 15) is 21.6 Å². The van der Waals surface area contributed by atoms with Crippen molar-refractivity contribution in [3.8, 4) is 0 Å². The highest BCUT2D eigenvalue weighted by molar-refractivity contribution is 7.98. The third-order valence-electron chi connectivity index (χ3n) is 5.15. The summed E-state index contributed by atoms with van der Waals surface area (Å²) in [7, 11) is -7.35. The average Bonchev–Trinajstić information content (AvgIpc) is 2.73. The molecule has 2 aliphatic heterocycles. The van der Waals surface area contributed by atoms with Crippen molar-refractivity contribution in [2.75, 3.05) is 0 Å². The molecule has 0 aromatic heterocycles. The molecule has 0 unspecified atom stereocenters. The summed E-state index contributed by atoms with van der Waals surface area (Å²) in [4.78, 5) is 13.6. The van der Waals surface area contributed by atoms with Crippen LogP contribution in [0.15, 0.2) is 92.0 Å². The molecule has 0 atom stereocenters. The van der Waals surface area contributed by atoms with Crippen molar-refractivity contribution in [3.05, 3.63) is 92.0 Å². The van der Waals surface area contributed by atoms with E-state index in [0.29, 0.717) is 48.0 Å². The van der Waals surface area contributed by atoms with Crippen molar-refractivity contribution in [2.45, 2.75) is 25.7 Å². The van der Waals surface area contributed by atoms with Crippen LogP contribution in [-0.2, 0) is 24.5 Å². The second kappa shape index (κ2) is 7.73. The maximum Gasteiger partial charge on any atom is 0.203 e. The summed E-state index contributed by atoms with van der Waals surface area (Å²) in [5.74, 6) is -0.315. The average molecular weight is 445 g/mol. The molecule has 0 amide bonds. The van der Waals surface area contributed by atoms with Gasteiger partial charge < -0.3 is 10.6 Å². The van der Waals surface area contributed by atoms with Gasteiger partial charge in [-0.3, -0.25) is 4.79 Å². The molecule has 0 aromatic carbocycles. The molecule has 0 fully saturated rings. The van der Waals surface area contributed by atoms with Crippen LogP contribution < -0.4 is 10.6 Å². The number of allylic oxidation sites excluding steroid dienone is 8. The third kappa shape index (κ3) is 3.66. The van der Waals surface area contributed by atoms with Gasteiger partial charge in [-0.2, -0.15) is 0 Å². The first-order valence-corrected chi connectivity index (χ1v) is 12.5. The highest BCUT2D eigenvalue weighted by Crippen LogP contribution is 2.36. The van der Waals surface area contributed by atoms with Crippen LogP contribution in [0.25, 0.3) is 0 Å². The van der Waals surface area contributed by atoms with Gasteiger partial charge in [-0.1, -0.05) is 24.3 Å². The zero-order chi connectivity index (χ0) is 21.4. The molecule has 2 N–H and O–H groups in total. The van der Waals surface area contributed by atoms with E-state index in [2.05, 4.69) is 10.6 Å². The van der Waals surface area contributed by atoms with Gasteiger partial charge in [0.15, 0.2) is 5.78 Å². The van der Waals surface area contributed by atoms with Gasteiger partial charge in [0.1, 0.15) is 0 Å². The summed E-state index contributed by atoms with van der Waals surface area (Å²) in [6.07, 6.45) is 14.3. The summed E-state index contributed by atoms with van der Waals surface area (Å²) in [6, 6.07) is 0. The Hall–Kier alpha value is -2.91. The van der Waals surface area contributed by atoms with Crippen LogP contribution >= 0.6 is 0 Å². The highest BCUT2D eigenvalue weighted by atomic mass is 32.2. The van der Waals surface area contributed by atoms with Gasteiger partial charge >= 0.3 is 0 Å². The number of sulfone groups is 2. The topological polar surface area (TPSA) is 109 Å². The molecule has 0 radical (unpaired) electrons. The quantitative estimate of drug-likeness (QED) is 0.686. The van der Waals surface area contributed by atoms with Gasteiger partial charge in [-0.05, 0) is 25.7 Å². The number of nitrogens with one attached hydrogen (secondary N) is 2. The predicted molar refractivity (Wildman–Crippen MR) is 114 cm³/mol. The summed E-state index contributed by atoms with van der Waals surface area (Å²) in [5.41, 5.74) is 1.46. The number of ketones is 1. The minimum atomic E-state index is -3.67. The number of carbonyl (C=O) groups is 1. The molecule has 0 saturated heterocycles. The molecular formula is C21H20N2O5S2. The van der Waals surface area contributed by atoms with Crippen LogP contribution in [0.3, 0.4) is 0 Å². The maximum absolute atomic E-state index is 13.6. The standard InChI is InChI=1S/C21H20N2O5S2/c24-21(17-7-3-1-5-15(17)19-13-22-9-11-29(19,25)26)18-8-4-2-6-16(18)20-14-23-10-12-30(20,27)28/h1-2,5-6,9-14,22-23H,3-4,7-8H2. The minimum Gasteiger partial charge on any atom is -0.366 e. The Morgan fingerprint density at radius 2 is 1.17 bits per heavy atom. The van der Waals surface area contributed by atoms with E-state index in [4.69, 9.17) is 0 Å². The lowest BCUT2D eigenvalue weighted by atomic mass is 9.85. The Morgan fingerprint density at radius 1 is 0.733 bits per heavy atom. The fourth-order valence-corrected chi connectivity index (χ4v) is 5.99. The summed E-state index contributed by atoms with van der Waals surface area (Å²) < 4.78 is 50.1. The number of rotatable bonds is 4. The van der Waals surface area contributed by atoms with Crippen molar-refractivity contribution in [1.29, 1.82) is 0 Å². The first kappa shape index (κ1) is 20.4. The molecule has 9 heteroatoms. The molecule has 0 bridgehead atoms. The van der Waals surface area contributed by atoms with Crippen molar-refractivity contribution >= 4 is 25.5 Å². The molecule has 0 saturated carbocycles. The fraction of sp³-hybridized carbons (Fsp3) is 0.190. The largest absolute Gasteiger partial charge is 0.366 e. The van der Waals surface area contributed by atoms with Crippen LogP contribution in [-0.4, -0.2) is 22.6 Å². The van der Waals surface area contributed by atoms with Gasteiger partial charge in [-0.25, -0.2) is 16.8 Å². The molecule has 0 aromatic rings. The molecule has 0 spiro atoms. The van der Waals surface area contributed by atoms with Crippen LogP contribution in [0.4, 0.5) is 0 Å². The lowest BCUT2D eigenvalue weighted by Crippen LogP contribution is -2.20. The van der Waals surface area contributed by atoms with Gasteiger partial charge in [0.25, 0.3) is 0 Å². The Morgan fingerprint density at radius 3 is 1.57 bits per heavy atom. The van der Waals surface area contributed by atoms with Gasteiger partial charge in [0.05, 0.1) is 20.6 Å². The normalized spacial score (nSPS) is 24.1. The molecule has 30 heavy (non-hydrogen) atoms. The Labute approximate surface area is 175 Å². The lowest BCUT2D eigenvalue weighted by Gasteiger charge is -2.23. The van der Waals surface area contributed by atoms with E-state index in [0.717, 1.165) is 10.8 Å². The van der Waals surface area contributed by atoms with Gasteiger partial charge in [0, 0.05) is 47.1 Å². The minimum absolute atomic E-state index is 0.0342. The molecule has 2 heterocycles. The molecule has 2 aliphatic carbocycles. The van der Waals surface area contributed by atoms with Crippen molar-refractivity contribution in [3.63, 3.8) is 0 Å². The van der Waals surface area contributed by atoms with Crippen LogP contribution in [0, 0.1) is 0 Å². The monoisotopic (exact) mass is 444 g/mol. The summed E-state index contributed by atoms with van der Waals surface area (Å²) >= 11 is 0. The second-order valence-corrected chi connectivity index (χ2v) is 10.6. The summed E-state index contributed by atoms with van der Waals surface area (Å²) in [6.45, 7) is 0. The zero-order valence-corrected chi connectivity index (χ0v) is 17.6. The van der Waals surface area contributed by atoms with Crippen LogP contribution in [0.1, 0.15) is 25.7 Å². The zero-order valence-electron chi connectivity index (χ0n) is 16.0. The van der Waals surface area contributed by atoms with Crippen LogP contribution in [0.5, 0.6) is 0 Å². The number of carbonyl (C=O) groups excluding carboxylic acids is 1. The number of hydrogen-bond acceptors (Lipinski definition) is 7. The third-order valence-corrected chi connectivity index (χ3v) is 8.04. The van der Waals surface area contributed by atoms with E-state index in [1.165, 1.54) is 24.8 Å². The van der Waals surface area contributed by atoms with Gasteiger partial charge in [-0.15, -0.1) is 0 Å². The van der Waals surface area contributed by atoms with E-state index >= 15 is 0 Å². The molecule has 4 rings (SSSR count). The Balaban J connectivity index is 1.85. The molecule has 156 valence electrons. The molecule has 4 aliphatic rings. The smallest absolute Gasteiger partial charge is 0.203 e.